The van der Waals surface area contributed by atoms with Crippen molar-refractivity contribution in [2.24, 2.45) is 0 Å². The lowest BCUT2D eigenvalue weighted by Gasteiger charge is -2.22. The minimum atomic E-state index is -0.241. The summed E-state index contributed by atoms with van der Waals surface area (Å²) in [6, 6.07) is 14.7. The zero-order valence-corrected chi connectivity index (χ0v) is 12.0. The molecule has 0 saturated heterocycles. The van der Waals surface area contributed by atoms with Gasteiger partial charge in [0.1, 0.15) is 5.82 Å². The highest BCUT2D eigenvalue weighted by Gasteiger charge is 2.22. The van der Waals surface area contributed by atoms with E-state index >= 15 is 0 Å². The summed E-state index contributed by atoms with van der Waals surface area (Å²) in [5.74, 6) is 0.0424. The van der Waals surface area contributed by atoms with Gasteiger partial charge in [0.2, 0.25) is 0 Å². The highest BCUT2D eigenvalue weighted by Crippen LogP contribution is 2.35. The molecule has 0 saturated carbocycles. The van der Waals surface area contributed by atoms with Crippen molar-refractivity contribution >= 4 is 11.4 Å². The van der Waals surface area contributed by atoms with Crippen LogP contribution < -0.4 is 0 Å². The molecule has 1 atom stereocenters. The second-order valence-corrected chi connectivity index (χ2v) is 5.66. The largest absolute Gasteiger partial charge is 0.295 e. The Bertz CT molecular complexity index is 681. The minimum Gasteiger partial charge on any atom is -0.295 e. The predicted octanol–water partition coefficient (Wildman–Crippen LogP) is 4.66. The molecule has 0 unspecified atom stereocenters. The van der Waals surface area contributed by atoms with E-state index in [9.17, 15) is 9.18 Å². The van der Waals surface area contributed by atoms with E-state index in [1.165, 1.54) is 17.7 Å². The fraction of sp³-hybridized carbons (Fsp3) is 0.211. The van der Waals surface area contributed by atoms with Crippen LogP contribution >= 0.6 is 0 Å². The fourth-order valence-corrected chi connectivity index (χ4v) is 2.83. The number of hydrogen-bond donors (Lipinski definition) is 0. The lowest BCUT2D eigenvalue weighted by Crippen LogP contribution is -2.12. The maximum Gasteiger partial charge on any atom is 0.156 e. The summed E-state index contributed by atoms with van der Waals surface area (Å²) in [6.07, 6.45) is 3.08. The van der Waals surface area contributed by atoms with Crippen molar-refractivity contribution in [3.05, 3.63) is 77.1 Å². The van der Waals surface area contributed by atoms with Crippen LogP contribution in [0.25, 0.3) is 5.57 Å². The predicted molar refractivity (Wildman–Crippen MR) is 82.5 cm³/mol. The molecule has 106 valence electrons. The summed E-state index contributed by atoms with van der Waals surface area (Å²) in [4.78, 5) is 12.0. The Labute approximate surface area is 124 Å². The monoisotopic (exact) mass is 280 g/mol. The van der Waals surface area contributed by atoms with E-state index in [2.05, 4.69) is 24.3 Å². The standard InChI is InChI=1S/C19H17FO/c1-13-2-4-14(5-3-13)16-10-17(12-19(21)11-16)15-6-8-18(20)9-7-15/h2-9,11,17H,10,12H2,1H3/t17-/m1/s1. The third-order valence-electron chi connectivity index (χ3n) is 4.01. The molecule has 3 rings (SSSR count). The Morgan fingerprint density at radius 1 is 0.952 bits per heavy atom. The molecule has 0 aromatic heterocycles. The molecular formula is C19H17FO. The molecule has 2 aromatic rings. The van der Waals surface area contributed by atoms with Crippen molar-refractivity contribution in [1.82, 2.24) is 0 Å². The quantitative estimate of drug-likeness (QED) is 0.781. The van der Waals surface area contributed by atoms with Gasteiger partial charge in [-0.3, -0.25) is 4.79 Å². The van der Waals surface area contributed by atoms with Gasteiger partial charge in [-0.25, -0.2) is 4.39 Å². The lowest BCUT2D eigenvalue weighted by molar-refractivity contribution is -0.115. The summed E-state index contributed by atoms with van der Waals surface area (Å²) in [5.41, 5.74) is 4.40. The van der Waals surface area contributed by atoms with Crippen molar-refractivity contribution in [3.8, 4) is 0 Å². The van der Waals surface area contributed by atoms with Crippen LogP contribution in [0.4, 0.5) is 4.39 Å². The van der Waals surface area contributed by atoms with E-state index in [0.717, 1.165) is 23.1 Å². The van der Waals surface area contributed by atoms with Crippen LogP contribution in [0.15, 0.2) is 54.6 Å². The van der Waals surface area contributed by atoms with Gasteiger partial charge in [0.25, 0.3) is 0 Å². The summed E-state index contributed by atoms with van der Waals surface area (Å²) < 4.78 is 13.0. The van der Waals surface area contributed by atoms with Crippen molar-refractivity contribution < 1.29 is 9.18 Å². The van der Waals surface area contributed by atoms with Gasteiger partial charge < -0.3 is 0 Å². The molecular weight excluding hydrogens is 263 g/mol. The molecule has 0 amide bonds. The molecule has 1 nitrogen and oxygen atoms in total. The number of benzene rings is 2. The van der Waals surface area contributed by atoms with Crippen LogP contribution in [-0.2, 0) is 4.79 Å². The Hall–Kier alpha value is -2.22. The van der Waals surface area contributed by atoms with E-state index in [1.54, 1.807) is 18.2 Å². The van der Waals surface area contributed by atoms with Gasteiger partial charge in [-0.15, -0.1) is 0 Å². The molecule has 0 spiro atoms. The molecule has 2 heteroatoms. The van der Waals surface area contributed by atoms with Crippen molar-refractivity contribution in [2.45, 2.75) is 25.7 Å². The zero-order chi connectivity index (χ0) is 14.8. The number of allylic oxidation sites excluding steroid dienone is 2. The van der Waals surface area contributed by atoms with Crippen LogP contribution in [0.1, 0.15) is 35.4 Å². The molecule has 1 aliphatic rings. The first-order valence-corrected chi connectivity index (χ1v) is 7.18. The van der Waals surface area contributed by atoms with Crippen LogP contribution in [0, 0.1) is 12.7 Å². The number of hydrogen-bond acceptors (Lipinski definition) is 1. The molecule has 0 heterocycles. The number of ketones is 1. The summed E-state index contributed by atoms with van der Waals surface area (Å²) in [7, 11) is 0. The Morgan fingerprint density at radius 2 is 1.62 bits per heavy atom. The fourth-order valence-electron chi connectivity index (χ4n) is 2.83. The SMILES string of the molecule is Cc1ccc(C2=CC(=O)C[C@H](c3ccc(F)cc3)C2)cc1. The molecule has 0 bridgehead atoms. The van der Waals surface area contributed by atoms with Crippen molar-refractivity contribution in [1.29, 1.82) is 0 Å². The van der Waals surface area contributed by atoms with Crippen LogP contribution in [-0.4, -0.2) is 5.78 Å². The van der Waals surface area contributed by atoms with Gasteiger partial charge in [-0.1, -0.05) is 42.0 Å². The zero-order valence-electron chi connectivity index (χ0n) is 12.0. The second-order valence-electron chi connectivity index (χ2n) is 5.66. The van der Waals surface area contributed by atoms with E-state index < -0.39 is 0 Å². The van der Waals surface area contributed by atoms with Gasteiger partial charge in [-0.2, -0.15) is 0 Å². The Kier molecular flexibility index (Phi) is 3.70. The smallest absolute Gasteiger partial charge is 0.156 e. The molecule has 0 aliphatic heterocycles. The normalized spacial score (nSPS) is 18.5. The van der Waals surface area contributed by atoms with Crippen LogP contribution in [0.2, 0.25) is 0 Å². The van der Waals surface area contributed by atoms with Crippen molar-refractivity contribution in [2.75, 3.05) is 0 Å². The van der Waals surface area contributed by atoms with Crippen molar-refractivity contribution in [3.63, 3.8) is 0 Å². The van der Waals surface area contributed by atoms with Gasteiger partial charge in [0.15, 0.2) is 5.78 Å². The average molecular weight is 280 g/mol. The van der Waals surface area contributed by atoms with E-state index in [-0.39, 0.29) is 17.5 Å². The van der Waals surface area contributed by atoms with Gasteiger partial charge in [-0.05, 0) is 54.2 Å². The Balaban J connectivity index is 1.88. The summed E-state index contributed by atoms with van der Waals surface area (Å²) >= 11 is 0. The maximum absolute atomic E-state index is 13.0. The van der Waals surface area contributed by atoms with Gasteiger partial charge >= 0.3 is 0 Å². The number of halogens is 1. The van der Waals surface area contributed by atoms with E-state index in [4.69, 9.17) is 0 Å². The number of rotatable bonds is 2. The third kappa shape index (κ3) is 3.10. The highest BCUT2D eigenvalue weighted by molar-refractivity contribution is 5.99. The summed E-state index contributed by atoms with van der Waals surface area (Å²) in [6.45, 7) is 2.05. The molecule has 0 fully saturated rings. The first kappa shape index (κ1) is 13.7. The first-order valence-electron chi connectivity index (χ1n) is 7.18. The van der Waals surface area contributed by atoms with Gasteiger partial charge in [0, 0.05) is 6.42 Å². The Morgan fingerprint density at radius 3 is 2.29 bits per heavy atom. The lowest BCUT2D eigenvalue weighted by atomic mass is 9.81. The molecule has 2 aromatic carbocycles. The van der Waals surface area contributed by atoms with E-state index in [0.29, 0.717) is 6.42 Å². The third-order valence-corrected chi connectivity index (χ3v) is 4.01. The topological polar surface area (TPSA) is 17.1 Å². The first-order chi connectivity index (χ1) is 10.1. The highest BCUT2D eigenvalue weighted by atomic mass is 19.1. The maximum atomic E-state index is 13.0. The molecule has 0 radical (unpaired) electrons. The van der Waals surface area contributed by atoms with Gasteiger partial charge in [0.05, 0.1) is 0 Å². The molecule has 21 heavy (non-hydrogen) atoms. The van der Waals surface area contributed by atoms with Crippen LogP contribution in [0.5, 0.6) is 0 Å². The molecule has 1 aliphatic carbocycles. The number of aryl methyl sites for hydroxylation is 1. The number of carbonyl (C=O) groups is 1. The van der Waals surface area contributed by atoms with Crippen LogP contribution in [0.3, 0.4) is 0 Å². The summed E-state index contributed by atoms with van der Waals surface area (Å²) in [5, 5.41) is 0. The molecule has 0 N–H and O–H groups in total. The average Bonchev–Trinajstić information content (AvgIpc) is 2.48. The second kappa shape index (κ2) is 5.65. The minimum absolute atomic E-state index is 0.138. The number of carbonyl (C=O) groups excluding carboxylic acids is 1. The van der Waals surface area contributed by atoms with E-state index in [1.807, 2.05) is 6.92 Å².